The number of benzene rings is 1. The number of carbonyl (C=O) groups excluding carboxylic acids is 1. The predicted octanol–water partition coefficient (Wildman–Crippen LogP) is 3.25. The summed E-state index contributed by atoms with van der Waals surface area (Å²) in [4.78, 5) is 17.2. The number of aliphatic imine (C=N–C) groups is 1. The van der Waals surface area contributed by atoms with Crippen molar-refractivity contribution >= 4 is 22.8 Å². The van der Waals surface area contributed by atoms with Gasteiger partial charge in [-0.3, -0.25) is 19.8 Å². The quantitative estimate of drug-likeness (QED) is 0.520. The fraction of sp³-hybridized carbons (Fsp3) is 0.318. The number of nitrogens with one attached hydrogen (secondary N) is 2. The average molecular weight is 377 g/mol. The molecule has 2 heterocycles. The molecule has 0 aliphatic carbocycles. The van der Waals surface area contributed by atoms with E-state index in [0.29, 0.717) is 36.0 Å². The molecule has 0 bridgehead atoms. The van der Waals surface area contributed by atoms with E-state index in [9.17, 15) is 4.79 Å². The number of rotatable bonds is 5. The summed E-state index contributed by atoms with van der Waals surface area (Å²) in [5.41, 5.74) is 3.74. The first kappa shape index (κ1) is 19.6. The maximum Gasteiger partial charge on any atom is 0.268 e. The molecule has 2 N–H and O–H groups in total. The van der Waals surface area contributed by atoms with Crippen LogP contribution in [0.3, 0.4) is 0 Å². The van der Waals surface area contributed by atoms with Gasteiger partial charge in [-0.15, -0.1) is 0 Å². The Hall–Kier alpha value is -3.15. The summed E-state index contributed by atoms with van der Waals surface area (Å²) in [5.74, 6) is 0.974. The van der Waals surface area contributed by atoms with Crippen LogP contribution >= 0.6 is 0 Å². The molecule has 2 aromatic heterocycles. The van der Waals surface area contributed by atoms with Gasteiger partial charge in [-0.05, 0) is 36.6 Å². The Morgan fingerprint density at radius 2 is 1.86 bits per heavy atom. The maximum absolute atomic E-state index is 12.9. The number of amides is 1. The molecule has 0 unspecified atom stereocenters. The van der Waals surface area contributed by atoms with Gasteiger partial charge < -0.3 is 9.88 Å². The summed E-state index contributed by atoms with van der Waals surface area (Å²) in [6.45, 7) is 7.20. The molecule has 28 heavy (non-hydrogen) atoms. The largest absolute Gasteiger partial charge is 0.351 e. The molecule has 0 saturated carbocycles. The third-order valence-corrected chi connectivity index (χ3v) is 4.73. The minimum Gasteiger partial charge on any atom is -0.351 e. The van der Waals surface area contributed by atoms with Crippen molar-refractivity contribution in [2.24, 2.45) is 10.9 Å². The summed E-state index contributed by atoms with van der Waals surface area (Å²) < 4.78 is 3.79. The first-order valence-electron chi connectivity index (χ1n) is 9.48. The zero-order valence-electron chi connectivity index (χ0n) is 16.9. The summed E-state index contributed by atoms with van der Waals surface area (Å²) in [7, 11) is 1.71. The van der Waals surface area contributed by atoms with Gasteiger partial charge in [-0.25, -0.2) is 0 Å². The zero-order valence-corrected chi connectivity index (χ0v) is 16.9. The Morgan fingerprint density at radius 1 is 1.14 bits per heavy atom. The van der Waals surface area contributed by atoms with E-state index < -0.39 is 0 Å². The monoisotopic (exact) mass is 377 g/mol. The molecule has 0 aliphatic heterocycles. The highest BCUT2D eigenvalue weighted by Crippen LogP contribution is 2.21. The number of carbonyl (C=O) groups is 1. The minimum atomic E-state index is -0.106. The van der Waals surface area contributed by atoms with Crippen LogP contribution in [-0.2, 0) is 6.54 Å². The molecule has 1 amide bonds. The van der Waals surface area contributed by atoms with Gasteiger partial charge in [0.2, 0.25) is 0 Å². The zero-order chi connectivity index (χ0) is 20.3. The Balaban J connectivity index is 2.20. The molecule has 0 fully saturated rings. The van der Waals surface area contributed by atoms with Crippen LogP contribution in [-0.4, -0.2) is 34.5 Å². The van der Waals surface area contributed by atoms with Crippen molar-refractivity contribution in [2.75, 3.05) is 13.6 Å². The Morgan fingerprint density at radius 3 is 2.50 bits per heavy atom. The van der Waals surface area contributed by atoms with Crippen LogP contribution < -0.4 is 10.8 Å². The van der Waals surface area contributed by atoms with Crippen LogP contribution in [0.4, 0.5) is 0 Å². The highest BCUT2D eigenvalue weighted by molar-refractivity contribution is 6.00. The van der Waals surface area contributed by atoms with Crippen molar-refractivity contribution in [3.05, 3.63) is 65.3 Å². The van der Waals surface area contributed by atoms with Gasteiger partial charge in [0.1, 0.15) is 17.0 Å². The molecule has 0 spiro atoms. The highest BCUT2D eigenvalue weighted by atomic mass is 16.1. The second-order valence-corrected chi connectivity index (χ2v) is 7.30. The van der Waals surface area contributed by atoms with E-state index in [1.165, 1.54) is 0 Å². The lowest BCUT2D eigenvalue weighted by atomic mass is 10.2. The lowest BCUT2D eigenvalue weighted by molar-refractivity contribution is 0.0940. The Labute approximate surface area is 165 Å². The maximum atomic E-state index is 12.9. The summed E-state index contributed by atoms with van der Waals surface area (Å²) in [6, 6.07) is 15.6. The molecule has 1 aromatic carbocycles. The van der Waals surface area contributed by atoms with Crippen molar-refractivity contribution in [2.45, 2.75) is 27.3 Å². The lowest BCUT2D eigenvalue weighted by Crippen LogP contribution is -2.29. The number of fused-ring (bicyclic) bond motifs is 1. The van der Waals surface area contributed by atoms with Crippen LogP contribution in [0.15, 0.2) is 53.5 Å². The lowest BCUT2D eigenvalue weighted by Gasteiger charge is -2.13. The van der Waals surface area contributed by atoms with Crippen molar-refractivity contribution in [1.29, 1.82) is 5.41 Å². The summed E-state index contributed by atoms with van der Waals surface area (Å²) >= 11 is 0. The van der Waals surface area contributed by atoms with Gasteiger partial charge in [0, 0.05) is 20.1 Å². The van der Waals surface area contributed by atoms with E-state index in [0.717, 1.165) is 16.6 Å². The summed E-state index contributed by atoms with van der Waals surface area (Å²) in [5, 5.41) is 11.3. The smallest absolute Gasteiger partial charge is 0.268 e. The first-order valence-corrected chi connectivity index (χ1v) is 9.48. The van der Waals surface area contributed by atoms with Crippen LogP contribution in [0, 0.1) is 11.3 Å². The van der Waals surface area contributed by atoms with Crippen molar-refractivity contribution < 1.29 is 4.79 Å². The number of pyridine rings is 1. The molecule has 6 nitrogen and oxygen atoms in total. The van der Waals surface area contributed by atoms with Gasteiger partial charge in [0.05, 0.1) is 11.0 Å². The minimum absolute atomic E-state index is 0.106. The fourth-order valence-electron chi connectivity index (χ4n) is 3.23. The van der Waals surface area contributed by atoms with E-state index in [1.807, 2.05) is 54.0 Å². The van der Waals surface area contributed by atoms with E-state index in [2.05, 4.69) is 24.2 Å². The molecule has 0 radical (unpaired) electrons. The molecule has 0 saturated heterocycles. The molecule has 3 rings (SSSR count). The number of nitrogens with zero attached hydrogens (tertiary/aromatic N) is 3. The van der Waals surface area contributed by atoms with Gasteiger partial charge >= 0.3 is 0 Å². The van der Waals surface area contributed by atoms with Crippen LogP contribution in [0.5, 0.6) is 0 Å². The van der Waals surface area contributed by atoms with E-state index in [-0.39, 0.29) is 5.91 Å². The predicted molar refractivity (Wildman–Crippen MR) is 113 cm³/mol. The van der Waals surface area contributed by atoms with Crippen LogP contribution in [0.1, 0.15) is 36.8 Å². The molecule has 0 atom stereocenters. The number of aromatic nitrogens is 2. The number of hydrogen-bond donors (Lipinski definition) is 2. The topological polar surface area (TPSA) is 75.2 Å². The Kier molecular flexibility index (Phi) is 5.78. The molecular formula is C22H27N5O. The van der Waals surface area contributed by atoms with Gasteiger partial charge in [-0.1, -0.05) is 44.2 Å². The van der Waals surface area contributed by atoms with Crippen molar-refractivity contribution in [3.8, 4) is 0 Å². The normalized spacial score (nSPS) is 12.0. The molecule has 146 valence electrons. The first-order chi connectivity index (χ1) is 13.4. The fourth-order valence-corrected chi connectivity index (χ4v) is 3.23. The molecular weight excluding hydrogens is 350 g/mol. The molecule has 0 aliphatic rings. The standard InChI is InChI=1S/C22H27N5O/c1-15(2)13-25-22(28)20-12-19-18(10-11-21(23)27(19)16(3)24-4)26(20)14-17-8-6-5-7-9-17/h5-12,15,23H,13-14H2,1-4H3,(H,25,28). The Bertz CT molecular complexity index is 1070. The third-order valence-electron chi connectivity index (χ3n) is 4.73. The van der Waals surface area contributed by atoms with Gasteiger partial charge in [0.15, 0.2) is 0 Å². The van der Waals surface area contributed by atoms with Crippen LogP contribution in [0.25, 0.3) is 11.0 Å². The SMILES string of the molecule is CN=C(C)n1c(=N)ccc2c1cc(C(=O)NCC(C)C)n2Cc1ccccc1. The summed E-state index contributed by atoms with van der Waals surface area (Å²) in [6.07, 6.45) is 0. The molecule has 3 aromatic rings. The third kappa shape index (κ3) is 3.91. The highest BCUT2D eigenvalue weighted by Gasteiger charge is 2.18. The second-order valence-electron chi connectivity index (χ2n) is 7.30. The second kappa shape index (κ2) is 8.25. The number of hydrogen-bond acceptors (Lipinski definition) is 3. The average Bonchev–Trinajstić information content (AvgIpc) is 3.04. The van der Waals surface area contributed by atoms with Gasteiger partial charge in [0.25, 0.3) is 5.91 Å². The van der Waals surface area contributed by atoms with Crippen LogP contribution in [0.2, 0.25) is 0 Å². The van der Waals surface area contributed by atoms with E-state index in [4.69, 9.17) is 5.41 Å². The van der Waals surface area contributed by atoms with E-state index in [1.54, 1.807) is 17.7 Å². The van der Waals surface area contributed by atoms with Gasteiger partial charge in [-0.2, -0.15) is 0 Å². The molecule has 6 heteroatoms. The van der Waals surface area contributed by atoms with Crippen molar-refractivity contribution in [1.82, 2.24) is 14.5 Å². The van der Waals surface area contributed by atoms with E-state index >= 15 is 0 Å². The van der Waals surface area contributed by atoms with Crippen molar-refractivity contribution in [3.63, 3.8) is 0 Å².